The smallest absolute Gasteiger partial charge is 0.125 e. The van der Waals surface area contributed by atoms with E-state index in [0.29, 0.717) is 0 Å². The van der Waals surface area contributed by atoms with E-state index in [1.54, 1.807) is 43.1 Å². The van der Waals surface area contributed by atoms with Gasteiger partial charge >= 0.3 is 0 Å². The molecule has 0 amide bonds. The average molecular weight is 270 g/mol. The molecule has 0 bridgehead atoms. The molecule has 0 atom stereocenters. The van der Waals surface area contributed by atoms with E-state index in [4.69, 9.17) is 0 Å². The number of aromatic nitrogens is 4. The highest BCUT2D eigenvalue weighted by Gasteiger charge is 1.88. The highest BCUT2D eigenvalue weighted by atomic mass is 15.1. The van der Waals surface area contributed by atoms with Crippen LogP contribution in [-0.4, -0.2) is 26.5 Å². The Morgan fingerprint density at radius 3 is 1.35 bits per heavy atom. The lowest BCUT2D eigenvalue weighted by Crippen LogP contribution is -1.80. The van der Waals surface area contributed by atoms with Gasteiger partial charge in [-0.1, -0.05) is 0 Å². The van der Waals surface area contributed by atoms with Gasteiger partial charge in [-0.25, -0.2) is 19.9 Å². The Hall–Kier alpha value is -2.50. The summed E-state index contributed by atoms with van der Waals surface area (Å²) in [7, 11) is 0. The Balaban J connectivity index is 0.000000151. The second kappa shape index (κ2) is 9.43. The summed E-state index contributed by atoms with van der Waals surface area (Å²) in [5.41, 5.74) is 1.25. The van der Waals surface area contributed by atoms with E-state index >= 15 is 0 Å². The molecular formula is C14H18N6. The lowest BCUT2D eigenvalue weighted by atomic mass is 10.4. The van der Waals surface area contributed by atoms with E-state index in [-0.39, 0.29) is 0 Å². The number of rotatable bonds is 0. The Morgan fingerprint density at radius 1 is 0.750 bits per heavy atom. The van der Waals surface area contributed by atoms with Crippen molar-refractivity contribution in [1.29, 1.82) is 0 Å². The predicted molar refractivity (Wildman–Crippen MR) is 77.0 cm³/mol. The zero-order valence-corrected chi connectivity index (χ0v) is 11.9. The molecule has 2 aromatic heterocycles. The summed E-state index contributed by atoms with van der Waals surface area (Å²) in [5.74, 6) is 1.64. The van der Waals surface area contributed by atoms with Crippen molar-refractivity contribution in [3.05, 3.63) is 60.3 Å². The van der Waals surface area contributed by atoms with Crippen molar-refractivity contribution < 1.29 is 0 Å². The molecule has 104 valence electrons. The molecule has 0 spiro atoms. The molecule has 0 radical (unpaired) electrons. The summed E-state index contributed by atoms with van der Waals surface area (Å²) < 4.78 is 0. The molecule has 6 nitrogen and oxygen atoms in total. The van der Waals surface area contributed by atoms with Crippen molar-refractivity contribution >= 4 is 0 Å². The van der Waals surface area contributed by atoms with E-state index in [2.05, 4.69) is 30.2 Å². The number of hydrogen-bond acceptors (Lipinski definition) is 6. The number of hydrogen-bond donors (Lipinski definition) is 0. The van der Waals surface area contributed by atoms with Crippen LogP contribution < -0.4 is 0 Å². The van der Waals surface area contributed by atoms with Crippen LogP contribution in [0.15, 0.2) is 58.9 Å². The van der Waals surface area contributed by atoms with Gasteiger partial charge in [0.1, 0.15) is 11.6 Å². The number of aryl methyl sites for hydroxylation is 2. The first-order chi connectivity index (χ1) is 9.68. The fourth-order valence-electron chi connectivity index (χ4n) is 1.08. The Morgan fingerprint density at radius 2 is 1.20 bits per heavy atom. The minimum absolute atomic E-state index is 0.806. The third-order valence-corrected chi connectivity index (χ3v) is 2.07. The van der Waals surface area contributed by atoms with Crippen molar-refractivity contribution in [1.82, 2.24) is 19.9 Å². The normalized spacial score (nSPS) is 11.7. The number of azo groups is 1. The van der Waals surface area contributed by atoms with Gasteiger partial charge in [-0.2, -0.15) is 10.2 Å². The Kier molecular flexibility index (Phi) is 7.34. The minimum atomic E-state index is 0.806. The van der Waals surface area contributed by atoms with E-state index in [1.165, 1.54) is 5.57 Å². The first kappa shape index (κ1) is 15.6. The zero-order chi connectivity index (χ0) is 14.6. The van der Waals surface area contributed by atoms with Gasteiger partial charge in [0.15, 0.2) is 0 Å². The molecule has 0 fully saturated rings. The maximum atomic E-state index is 3.87. The van der Waals surface area contributed by atoms with Crippen LogP contribution in [0.3, 0.4) is 0 Å². The first-order valence-electron chi connectivity index (χ1n) is 6.18. The summed E-state index contributed by atoms with van der Waals surface area (Å²) in [6, 6.07) is 3.60. The second-order valence-electron chi connectivity index (χ2n) is 3.98. The highest BCUT2D eigenvalue weighted by molar-refractivity contribution is 5.01. The van der Waals surface area contributed by atoms with E-state index in [0.717, 1.165) is 18.2 Å². The molecule has 20 heavy (non-hydrogen) atoms. The predicted octanol–water partition coefficient (Wildman–Crippen LogP) is 2.93. The van der Waals surface area contributed by atoms with Crippen LogP contribution in [-0.2, 0) is 0 Å². The van der Waals surface area contributed by atoms with Crippen LogP contribution in [0.1, 0.15) is 18.6 Å². The van der Waals surface area contributed by atoms with Crippen molar-refractivity contribution in [2.45, 2.75) is 20.8 Å². The summed E-state index contributed by atoms with van der Waals surface area (Å²) in [6.45, 7) is 6.54. The van der Waals surface area contributed by atoms with E-state index in [1.807, 2.05) is 20.8 Å². The lowest BCUT2D eigenvalue weighted by Gasteiger charge is -1.81. The lowest BCUT2D eigenvalue weighted by molar-refractivity contribution is 1.05. The Bertz CT molecular complexity index is 499. The molecule has 0 aromatic carbocycles. The SMILES string of the molecule is CC1=CN=NC1.Cc1ncccn1.Cc1ncccn1. The molecule has 0 N–H and O–H groups in total. The molecule has 0 saturated heterocycles. The standard InChI is InChI=1S/2C5H6N2.C4H6N2/c2*1-5-6-3-2-4-7-5;1-4-2-5-6-3-4/h2*2-4H,1H3;2H,3H2,1H3. The van der Waals surface area contributed by atoms with Crippen LogP contribution in [0.4, 0.5) is 0 Å². The fourth-order valence-corrected chi connectivity index (χ4v) is 1.08. The quantitative estimate of drug-likeness (QED) is 0.737. The van der Waals surface area contributed by atoms with Gasteiger partial charge in [-0.3, -0.25) is 0 Å². The first-order valence-corrected chi connectivity index (χ1v) is 6.18. The molecule has 2 aromatic rings. The van der Waals surface area contributed by atoms with Gasteiger partial charge in [-0.15, -0.1) is 0 Å². The molecule has 6 heteroatoms. The van der Waals surface area contributed by atoms with Crippen LogP contribution in [0.25, 0.3) is 0 Å². The van der Waals surface area contributed by atoms with E-state index in [9.17, 15) is 0 Å². The molecular weight excluding hydrogens is 252 g/mol. The highest BCUT2D eigenvalue weighted by Crippen LogP contribution is 2.00. The molecule has 3 rings (SSSR count). The van der Waals surface area contributed by atoms with Gasteiger partial charge < -0.3 is 0 Å². The van der Waals surface area contributed by atoms with Crippen LogP contribution in [0, 0.1) is 13.8 Å². The Labute approximate surface area is 118 Å². The molecule has 3 heterocycles. The topological polar surface area (TPSA) is 76.3 Å². The summed E-state index contributed by atoms with van der Waals surface area (Å²) >= 11 is 0. The van der Waals surface area contributed by atoms with Gasteiger partial charge in [-0.05, 0) is 38.5 Å². The second-order valence-corrected chi connectivity index (χ2v) is 3.98. The summed E-state index contributed by atoms with van der Waals surface area (Å²) in [5, 5.41) is 7.32. The van der Waals surface area contributed by atoms with Gasteiger partial charge in [0, 0.05) is 31.0 Å². The largest absolute Gasteiger partial charge is 0.242 e. The van der Waals surface area contributed by atoms with Gasteiger partial charge in [0.25, 0.3) is 0 Å². The van der Waals surface area contributed by atoms with Crippen molar-refractivity contribution in [2.75, 3.05) is 6.54 Å². The van der Waals surface area contributed by atoms with Gasteiger partial charge in [0.05, 0.1) is 6.54 Å². The van der Waals surface area contributed by atoms with Crippen LogP contribution in [0.5, 0.6) is 0 Å². The maximum Gasteiger partial charge on any atom is 0.125 e. The molecule has 0 aliphatic carbocycles. The number of nitrogens with zero attached hydrogens (tertiary/aromatic N) is 6. The van der Waals surface area contributed by atoms with Crippen LogP contribution in [0.2, 0.25) is 0 Å². The van der Waals surface area contributed by atoms with E-state index < -0.39 is 0 Å². The van der Waals surface area contributed by atoms with Gasteiger partial charge in [0.2, 0.25) is 0 Å². The summed E-state index contributed by atoms with van der Waals surface area (Å²) in [4.78, 5) is 15.5. The van der Waals surface area contributed by atoms with Crippen molar-refractivity contribution in [2.24, 2.45) is 10.2 Å². The molecule has 1 aliphatic rings. The van der Waals surface area contributed by atoms with Crippen molar-refractivity contribution in [3.8, 4) is 0 Å². The average Bonchev–Trinajstić information content (AvgIpc) is 2.93. The summed E-state index contributed by atoms with van der Waals surface area (Å²) in [6.07, 6.45) is 8.68. The van der Waals surface area contributed by atoms with Crippen LogP contribution >= 0.6 is 0 Å². The third-order valence-electron chi connectivity index (χ3n) is 2.07. The van der Waals surface area contributed by atoms with Crippen molar-refractivity contribution in [3.63, 3.8) is 0 Å². The maximum absolute atomic E-state index is 3.87. The fraction of sp³-hybridized carbons (Fsp3) is 0.286. The molecule has 0 unspecified atom stereocenters. The monoisotopic (exact) mass is 270 g/mol. The molecule has 0 saturated carbocycles. The molecule has 1 aliphatic heterocycles. The zero-order valence-electron chi connectivity index (χ0n) is 11.9. The minimum Gasteiger partial charge on any atom is -0.242 e. The third kappa shape index (κ3) is 7.75.